The fraction of sp³-hybridized carbons (Fsp3) is 0.667. The predicted molar refractivity (Wildman–Crippen MR) is 54.2 cm³/mol. The van der Waals surface area contributed by atoms with Crippen LogP contribution in [0.4, 0.5) is 0 Å². The van der Waals surface area contributed by atoms with Crippen LogP contribution in [0.2, 0.25) is 25.7 Å². The molecule has 0 aromatic rings. The molecule has 0 spiro atoms. The van der Waals surface area contributed by atoms with Crippen LogP contribution in [0.5, 0.6) is 0 Å². The Morgan fingerprint density at radius 3 is 2.25 bits per heavy atom. The van der Waals surface area contributed by atoms with Crippen molar-refractivity contribution in [2.75, 3.05) is 0 Å². The largest absolute Gasteiger partial charge is 0.478 e. The minimum Gasteiger partial charge on any atom is -0.478 e. The topological polar surface area (TPSA) is 37.3 Å². The number of hydrogen-bond donors (Lipinski definition) is 1. The van der Waals surface area contributed by atoms with Gasteiger partial charge in [0.15, 0.2) is 0 Å². The van der Waals surface area contributed by atoms with E-state index >= 15 is 0 Å². The van der Waals surface area contributed by atoms with Crippen LogP contribution in [0.25, 0.3) is 0 Å². The van der Waals surface area contributed by atoms with Gasteiger partial charge in [0.25, 0.3) is 0 Å². The zero-order valence-corrected chi connectivity index (χ0v) is 9.35. The Bertz CT molecular complexity index is 189. The van der Waals surface area contributed by atoms with Gasteiger partial charge < -0.3 is 5.11 Å². The molecule has 0 saturated heterocycles. The zero-order valence-electron chi connectivity index (χ0n) is 8.35. The number of allylic oxidation sites excluding steroid dienone is 1. The number of carboxylic acid groups (broad SMARTS) is 1. The molecule has 0 aromatic carbocycles. The summed E-state index contributed by atoms with van der Waals surface area (Å²) in [5.41, 5.74) is 0.466. The maximum Gasteiger partial charge on any atom is 0.330 e. The van der Waals surface area contributed by atoms with E-state index < -0.39 is 14.0 Å². The third kappa shape index (κ3) is 6.16. The molecule has 0 unspecified atom stereocenters. The zero-order chi connectivity index (χ0) is 9.78. The molecule has 0 atom stereocenters. The second-order valence-electron chi connectivity index (χ2n) is 4.29. The van der Waals surface area contributed by atoms with E-state index in [1.165, 1.54) is 0 Å². The van der Waals surface area contributed by atoms with Gasteiger partial charge in [0.05, 0.1) is 0 Å². The number of hydrogen-bond acceptors (Lipinski definition) is 1. The molecule has 0 heterocycles. The van der Waals surface area contributed by atoms with Crippen LogP contribution in [-0.2, 0) is 4.79 Å². The maximum atomic E-state index is 10.4. The highest BCUT2D eigenvalue weighted by Gasteiger charge is 2.11. The lowest BCUT2D eigenvalue weighted by Crippen LogP contribution is -2.18. The fourth-order valence-electron chi connectivity index (χ4n) is 0.809. The lowest BCUT2D eigenvalue weighted by molar-refractivity contribution is -0.132. The average Bonchev–Trinajstić information content (AvgIpc) is 1.84. The number of carbonyl (C=O) groups is 1. The van der Waals surface area contributed by atoms with Crippen LogP contribution < -0.4 is 0 Å². The second-order valence-corrected chi connectivity index (χ2v) is 9.91. The van der Waals surface area contributed by atoms with Gasteiger partial charge >= 0.3 is 5.97 Å². The van der Waals surface area contributed by atoms with E-state index in [0.717, 1.165) is 12.5 Å². The predicted octanol–water partition coefficient (Wildman–Crippen LogP) is 2.75. The van der Waals surface area contributed by atoms with Crippen molar-refractivity contribution >= 4 is 14.0 Å². The summed E-state index contributed by atoms with van der Waals surface area (Å²) in [6, 6.07) is 1.16. The Balaban J connectivity index is 3.83. The average molecular weight is 186 g/mol. The van der Waals surface area contributed by atoms with E-state index in [-0.39, 0.29) is 0 Å². The molecule has 2 nitrogen and oxygen atoms in total. The first-order valence-electron chi connectivity index (χ1n) is 4.23. The van der Waals surface area contributed by atoms with E-state index in [4.69, 9.17) is 5.11 Å². The minimum atomic E-state index is -0.996. The summed E-state index contributed by atoms with van der Waals surface area (Å²) in [6.45, 7) is 8.51. The van der Waals surface area contributed by atoms with Crippen molar-refractivity contribution in [1.29, 1.82) is 0 Å². The van der Waals surface area contributed by atoms with E-state index in [2.05, 4.69) is 19.6 Å². The number of aliphatic carboxylic acids is 1. The molecule has 0 amide bonds. The van der Waals surface area contributed by atoms with Crippen LogP contribution in [0.15, 0.2) is 11.6 Å². The highest BCUT2D eigenvalue weighted by molar-refractivity contribution is 6.76. The van der Waals surface area contributed by atoms with E-state index in [9.17, 15) is 4.79 Å². The van der Waals surface area contributed by atoms with Crippen molar-refractivity contribution in [2.45, 2.75) is 39.0 Å². The van der Waals surface area contributed by atoms with Gasteiger partial charge in [-0.3, -0.25) is 0 Å². The van der Waals surface area contributed by atoms with Crippen LogP contribution in [0, 0.1) is 0 Å². The molecule has 0 radical (unpaired) electrons. The van der Waals surface area contributed by atoms with Crippen molar-refractivity contribution in [1.82, 2.24) is 0 Å². The summed E-state index contributed by atoms with van der Waals surface area (Å²) >= 11 is 0. The van der Waals surface area contributed by atoms with Crippen molar-refractivity contribution in [3.8, 4) is 0 Å². The lowest BCUT2D eigenvalue weighted by Gasteiger charge is -2.13. The first-order chi connectivity index (χ1) is 5.33. The number of rotatable bonds is 4. The summed E-state index contributed by atoms with van der Waals surface area (Å²) in [5, 5.41) is 8.55. The molecule has 0 bridgehead atoms. The smallest absolute Gasteiger partial charge is 0.330 e. The summed E-state index contributed by atoms with van der Waals surface area (Å²) in [7, 11) is -0.996. The molecule has 0 aliphatic rings. The quantitative estimate of drug-likeness (QED) is 0.541. The van der Waals surface area contributed by atoms with Gasteiger partial charge in [-0.05, 0) is 13.3 Å². The van der Waals surface area contributed by atoms with Gasteiger partial charge in [0.2, 0.25) is 0 Å². The molecule has 0 rings (SSSR count). The molecule has 0 aliphatic carbocycles. The maximum absolute atomic E-state index is 10.4. The molecular weight excluding hydrogens is 168 g/mol. The molecule has 12 heavy (non-hydrogen) atoms. The fourth-order valence-corrected chi connectivity index (χ4v) is 1.82. The molecule has 0 aliphatic heterocycles. The van der Waals surface area contributed by atoms with Gasteiger partial charge in [-0.25, -0.2) is 4.79 Å². The van der Waals surface area contributed by atoms with Gasteiger partial charge in [-0.15, -0.1) is 0 Å². The van der Waals surface area contributed by atoms with E-state index in [0.29, 0.717) is 5.57 Å². The minimum absolute atomic E-state index is 0.466. The van der Waals surface area contributed by atoms with Gasteiger partial charge in [0, 0.05) is 13.6 Å². The first-order valence-corrected chi connectivity index (χ1v) is 7.94. The summed E-state index contributed by atoms with van der Waals surface area (Å²) in [4.78, 5) is 10.4. The lowest BCUT2D eigenvalue weighted by atomic mass is 10.2. The third-order valence-electron chi connectivity index (χ3n) is 1.68. The van der Waals surface area contributed by atoms with Gasteiger partial charge in [0.1, 0.15) is 0 Å². The Morgan fingerprint density at radius 2 is 1.92 bits per heavy atom. The monoisotopic (exact) mass is 186 g/mol. The highest BCUT2D eigenvalue weighted by atomic mass is 28.3. The van der Waals surface area contributed by atoms with E-state index in [1.54, 1.807) is 6.92 Å². The van der Waals surface area contributed by atoms with Gasteiger partial charge in [-0.2, -0.15) is 0 Å². The molecule has 70 valence electrons. The molecule has 0 aromatic heterocycles. The Hall–Kier alpha value is -0.573. The van der Waals surface area contributed by atoms with Crippen LogP contribution >= 0.6 is 0 Å². The summed E-state index contributed by atoms with van der Waals surface area (Å²) < 4.78 is 0. The van der Waals surface area contributed by atoms with E-state index in [1.807, 2.05) is 6.08 Å². The molecule has 1 N–H and O–H groups in total. The first kappa shape index (κ1) is 11.4. The third-order valence-corrected chi connectivity index (χ3v) is 3.47. The van der Waals surface area contributed by atoms with Crippen LogP contribution in [0.3, 0.4) is 0 Å². The standard InChI is InChI=1S/C9H18O2Si/c1-8(9(10)11)6-5-7-12(2,3)4/h6H,5,7H2,1-4H3,(H,10,11). The second kappa shape index (κ2) is 4.45. The molecule has 3 heteroatoms. The van der Waals surface area contributed by atoms with Gasteiger partial charge in [-0.1, -0.05) is 31.8 Å². The van der Waals surface area contributed by atoms with Crippen molar-refractivity contribution < 1.29 is 9.90 Å². The molecule has 0 saturated carbocycles. The molecule has 0 fully saturated rings. The Morgan fingerprint density at radius 1 is 1.42 bits per heavy atom. The Kier molecular flexibility index (Phi) is 4.24. The highest BCUT2D eigenvalue weighted by Crippen LogP contribution is 2.12. The van der Waals surface area contributed by atoms with Crippen molar-refractivity contribution in [3.05, 3.63) is 11.6 Å². The molecular formula is C9H18O2Si. The Labute approximate surface area is 75.3 Å². The van der Waals surface area contributed by atoms with Crippen molar-refractivity contribution in [2.24, 2.45) is 0 Å². The SMILES string of the molecule is CC(=CCC[Si](C)(C)C)C(=O)O. The summed E-state index contributed by atoms with van der Waals surface area (Å²) in [6.07, 6.45) is 2.73. The number of carboxylic acids is 1. The van der Waals surface area contributed by atoms with Crippen LogP contribution in [-0.4, -0.2) is 19.1 Å². The summed E-state index contributed by atoms with van der Waals surface area (Å²) in [5.74, 6) is -0.800. The van der Waals surface area contributed by atoms with Crippen LogP contribution in [0.1, 0.15) is 13.3 Å². The van der Waals surface area contributed by atoms with Crippen molar-refractivity contribution in [3.63, 3.8) is 0 Å². The normalized spacial score (nSPS) is 13.2.